The molecule has 16 heteroatoms. The van der Waals surface area contributed by atoms with Gasteiger partial charge in [-0.1, -0.05) is 79.9 Å². The fourth-order valence-electron chi connectivity index (χ4n) is 5.71. The third-order valence-electron chi connectivity index (χ3n) is 8.63. The quantitative estimate of drug-likeness (QED) is 0.0600. The molecule has 0 bridgehead atoms. The van der Waals surface area contributed by atoms with E-state index in [-0.39, 0.29) is 43.3 Å². The molecule has 4 atom stereocenters. The van der Waals surface area contributed by atoms with E-state index in [9.17, 15) is 38.7 Å². The Labute approximate surface area is 321 Å². The number of carbonyl (C=O) groups excluding carboxylic acids is 4. The first-order valence-corrected chi connectivity index (χ1v) is 18.8. The predicted octanol–water partition coefficient (Wildman–Crippen LogP) is 3.34. The number of benzene rings is 2. The standard InChI is InChI=1S/C39H56N6O10/c1-27(25-28-15-7-5-8-16-28)42-35(49)32(26-29-17-9-6-10-18-29)43-33(46)20-11-3-2-4-13-23-40-38(54)41-24-14-12-19-30(36(50)51)44-39(55)45-31(37(52)53)21-22-34(47)48/h5-10,15-18,27,30-32H,2-4,11-14,19-26H2,1H3,(H,42,49)(H,43,46)(H,47,48)(H,50,51)(H,52,53)(H2,40,41,54)(H2,44,45,55)/t27-,30+,31+,32+/m1/s1. The van der Waals surface area contributed by atoms with Crippen molar-refractivity contribution < 1.29 is 48.9 Å². The van der Waals surface area contributed by atoms with Crippen LogP contribution in [-0.4, -0.2) is 94.4 Å². The van der Waals surface area contributed by atoms with Gasteiger partial charge in [-0.3, -0.25) is 14.4 Å². The van der Waals surface area contributed by atoms with E-state index in [0.29, 0.717) is 45.1 Å². The van der Waals surface area contributed by atoms with Crippen LogP contribution >= 0.6 is 0 Å². The lowest BCUT2D eigenvalue weighted by Gasteiger charge is -2.22. The summed E-state index contributed by atoms with van der Waals surface area (Å²) in [6, 6.07) is 14.5. The van der Waals surface area contributed by atoms with E-state index in [1.807, 2.05) is 67.6 Å². The first-order chi connectivity index (χ1) is 26.3. The van der Waals surface area contributed by atoms with Crippen LogP contribution in [0.15, 0.2) is 60.7 Å². The molecular formula is C39H56N6O10. The van der Waals surface area contributed by atoms with Crippen LogP contribution in [0.5, 0.6) is 0 Å². The number of rotatable bonds is 27. The second-order valence-electron chi connectivity index (χ2n) is 13.4. The summed E-state index contributed by atoms with van der Waals surface area (Å²) in [5, 5.41) is 43.0. The smallest absolute Gasteiger partial charge is 0.326 e. The Bertz CT molecular complexity index is 1510. The summed E-state index contributed by atoms with van der Waals surface area (Å²) in [4.78, 5) is 83.8. The van der Waals surface area contributed by atoms with E-state index in [4.69, 9.17) is 10.2 Å². The van der Waals surface area contributed by atoms with E-state index >= 15 is 0 Å². The van der Waals surface area contributed by atoms with E-state index in [1.54, 1.807) is 0 Å². The zero-order valence-corrected chi connectivity index (χ0v) is 31.4. The highest BCUT2D eigenvalue weighted by Gasteiger charge is 2.25. The van der Waals surface area contributed by atoms with Gasteiger partial charge in [0.25, 0.3) is 0 Å². The fourth-order valence-corrected chi connectivity index (χ4v) is 5.71. The summed E-state index contributed by atoms with van der Waals surface area (Å²) in [6.45, 7) is 2.67. The van der Waals surface area contributed by atoms with Gasteiger partial charge in [-0.2, -0.15) is 0 Å². The molecule has 16 nitrogen and oxygen atoms in total. The highest BCUT2D eigenvalue weighted by atomic mass is 16.4. The summed E-state index contributed by atoms with van der Waals surface area (Å²) in [6.07, 6.45) is 5.27. The molecule has 0 aromatic heterocycles. The van der Waals surface area contributed by atoms with Gasteiger partial charge < -0.3 is 47.2 Å². The second-order valence-corrected chi connectivity index (χ2v) is 13.4. The molecule has 0 spiro atoms. The van der Waals surface area contributed by atoms with Gasteiger partial charge in [0.2, 0.25) is 11.8 Å². The number of hydrogen-bond acceptors (Lipinski definition) is 7. The molecule has 0 saturated heterocycles. The lowest BCUT2D eigenvalue weighted by molar-refractivity contribution is -0.141. The van der Waals surface area contributed by atoms with Crippen LogP contribution in [0.1, 0.15) is 88.7 Å². The normalized spacial score (nSPS) is 12.9. The Kier molecular flexibility index (Phi) is 21.6. The highest BCUT2D eigenvalue weighted by molar-refractivity contribution is 5.88. The Morgan fingerprint density at radius 1 is 0.527 bits per heavy atom. The molecular weight excluding hydrogens is 712 g/mol. The first kappa shape index (κ1) is 45.5. The maximum Gasteiger partial charge on any atom is 0.326 e. The second kappa shape index (κ2) is 26.2. The molecule has 55 heavy (non-hydrogen) atoms. The molecule has 0 unspecified atom stereocenters. The monoisotopic (exact) mass is 768 g/mol. The summed E-state index contributed by atoms with van der Waals surface area (Å²) < 4.78 is 0. The number of carboxylic acid groups (broad SMARTS) is 3. The summed E-state index contributed by atoms with van der Waals surface area (Å²) in [5.74, 6) is -4.39. The molecule has 2 aromatic rings. The van der Waals surface area contributed by atoms with Gasteiger partial charge in [-0.25, -0.2) is 19.2 Å². The molecule has 0 radical (unpaired) electrons. The van der Waals surface area contributed by atoms with E-state index in [1.165, 1.54) is 0 Å². The molecule has 0 aliphatic rings. The van der Waals surface area contributed by atoms with Crippen molar-refractivity contribution in [2.75, 3.05) is 13.1 Å². The van der Waals surface area contributed by atoms with Crippen molar-refractivity contribution in [1.29, 1.82) is 0 Å². The number of carboxylic acids is 3. The molecule has 0 aliphatic heterocycles. The zero-order valence-electron chi connectivity index (χ0n) is 31.4. The molecule has 302 valence electrons. The van der Waals surface area contributed by atoms with Gasteiger partial charge in [0.1, 0.15) is 18.1 Å². The number of hydrogen-bond donors (Lipinski definition) is 9. The third kappa shape index (κ3) is 21.0. The summed E-state index contributed by atoms with van der Waals surface area (Å²) >= 11 is 0. The SMILES string of the molecule is C[C@H](Cc1ccccc1)NC(=O)[C@H](Cc1ccccc1)NC(=O)CCCCCCCNC(=O)NCCCC[C@H](NC(=O)N[C@@H](CCC(=O)O)C(=O)O)C(=O)O. The Hall–Kier alpha value is -5.67. The van der Waals surface area contributed by atoms with Gasteiger partial charge in [0.15, 0.2) is 0 Å². The molecule has 2 rings (SSSR count). The molecule has 6 amide bonds. The number of urea groups is 2. The van der Waals surface area contributed by atoms with Gasteiger partial charge in [-0.05, 0) is 63.0 Å². The van der Waals surface area contributed by atoms with Crippen molar-refractivity contribution >= 4 is 41.8 Å². The minimum Gasteiger partial charge on any atom is -0.481 e. The highest BCUT2D eigenvalue weighted by Crippen LogP contribution is 2.09. The first-order valence-electron chi connectivity index (χ1n) is 18.8. The number of unbranched alkanes of at least 4 members (excludes halogenated alkanes) is 5. The van der Waals surface area contributed by atoms with Crippen LogP contribution in [0.3, 0.4) is 0 Å². The minimum absolute atomic E-state index is 0.0264. The largest absolute Gasteiger partial charge is 0.481 e. The van der Waals surface area contributed by atoms with Crippen LogP contribution in [-0.2, 0) is 36.8 Å². The predicted molar refractivity (Wildman–Crippen MR) is 204 cm³/mol. The van der Waals surface area contributed by atoms with Crippen molar-refractivity contribution in [3.8, 4) is 0 Å². The maximum atomic E-state index is 13.2. The molecule has 0 aliphatic carbocycles. The van der Waals surface area contributed by atoms with Crippen LogP contribution in [0.25, 0.3) is 0 Å². The number of amides is 6. The van der Waals surface area contributed by atoms with E-state index in [2.05, 4.69) is 31.9 Å². The summed E-state index contributed by atoms with van der Waals surface area (Å²) in [7, 11) is 0. The van der Waals surface area contributed by atoms with Crippen molar-refractivity contribution in [3.05, 3.63) is 71.8 Å². The molecule has 0 fully saturated rings. The average molecular weight is 769 g/mol. The molecule has 9 N–H and O–H groups in total. The fraction of sp³-hybridized carbons (Fsp3) is 0.513. The van der Waals surface area contributed by atoms with Crippen LogP contribution < -0.4 is 31.9 Å². The minimum atomic E-state index is -1.49. The van der Waals surface area contributed by atoms with Gasteiger partial charge >= 0.3 is 30.0 Å². The van der Waals surface area contributed by atoms with Crippen molar-refractivity contribution in [1.82, 2.24) is 31.9 Å². The van der Waals surface area contributed by atoms with Crippen molar-refractivity contribution in [2.24, 2.45) is 0 Å². The lowest BCUT2D eigenvalue weighted by Crippen LogP contribution is -2.51. The maximum absolute atomic E-state index is 13.2. The molecule has 2 aromatic carbocycles. The Balaban J connectivity index is 1.59. The number of carbonyl (C=O) groups is 7. The Morgan fingerprint density at radius 2 is 1.04 bits per heavy atom. The third-order valence-corrected chi connectivity index (χ3v) is 8.63. The lowest BCUT2D eigenvalue weighted by atomic mass is 10.0. The van der Waals surface area contributed by atoms with E-state index in [0.717, 1.165) is 36.8 Å². The topological polar surface area (TPSA) is 252 Å². The van der Waals surface area contributed by atoms with Gasteiger partial charge in [0.05, 0.1) is 0 Å². The van der Waals surface area contributed by atoms with Crippen LogP contribution in [0.4, 0.5) is 9.59 Å². The van der Waals surface area contributed by atoms with Crippen molar-refractivity contribution in [2.45, 2.75) is 115 Å². The number of nitrogens with one attached hydrogen (secondary N) is 6. The van der Waals surface area contributed by atoms with Crippen LogP contribution in [0.2, 0.25) is 0 Å². The van der Waals surface area contributed by atoms with Gasteiger partial charge in [-0.15, -0.1) is 0 Å². The number of aliphatic carboxylic acids is 3. The molecule has 0 saturated carbocycles. The summed E-state index contributed by atoms with van der Waals surface area (Å²) in [5.41, 5.74) is 2.07. The average Bonchev–Trinajstić information content (AvgIpc) is 3.14. The van der Waals surface area contributed by atoms with Crippen LogP contribution in [0, 0.1) is 0 Å². The van der Waals surface area contributed by atoms with Gasteiger partial charge in [0, 0.05) is 38.4 Å². The Morgan fingerprint density at radius 3 is 1.60 bits per heavy atom. The van der Waals surface area contributed by atoms with E-state index < -0.39 is 48.5 Å². The molecule has 0 heterocycles. The zero-order chi connectivity index (χ0) is 40.4. The van der Waals surface area contributed by atoms with Crippen molar-refractivity contribution in [3.63, 3.8) is 0 Å².